The lowest BCUT2D eigenvalue weighted by molar-refractivity contribution is -0.132. The van der Waals surface area contributed by atoms with Crippen LogP contribution in [0.15, 0.2) is 77.6 Å². The van der Waals surface area contributed by atoms with Crippen LogP contribution in [0.2, 0.25) is 0 Å². The summed E-state index contributed by atoms with van der Waals surface area (Å²) >= 11 is 1.69. The molecule has 0 radical (unpaired) electrons. The van der Waals surface area contributed by atoms with Crippen molar-refractivity contribution in [1.82, 2.24) is 14.4 Å². The Kier molecular flexibility index (Phi) is 7.08. The standard InChI is InChI=1S/C27H31N3OS/c1-28(2)14-15-30(18-21-9-5-4-6-10-21)27(31)17-24(22-13-16-32-20-22)25-19-29(3)26-12-8-7-11-23(25)26/h4-13,16,19-20,24H,14-15,17-18H2,1-3H3. The molecule has 1 amide bonds. The molecule has 0 fully saturated rings. The van der Waals surface area contributed by atoms with Gasteiger partial charge in [0.15, 0.2) is 0 Å². The van der Waals surface area contributed by atoms with Crippen molar-refractivity contribution in [2.75, 3.05) is 27.2 Å². The molecule has 1 unspecified atom stereocenters. The van der Waals surface area contributed by atoms with Crippen LogP contribution in [-0.2, 0) is 18.4 Å². The van der Waals surface area contributed by atoms with E-state index in [9.17, 15) is 4.79 Å². The van der Waals surface area contributed by atoms with E-state index in [2.05, 4.69) is 90.0 Å². The molecule has 1 atom stereocenters. The normalized spacial score (nSPS) is 12.4. The summed E-state index contributed by atoms with van der Waals surface area (Å²) in [5.74, 6) is 0.234. The number of rotatable bonds is 9. The molecule has 4 aromatic rings. The maximum Gasteiger partial charge on any atom is 0.223 e. The molecule has 5 heteroatoms. The molecule has 0 spiro atoms. The van der Waals surface area contributed by atoms with Crippen molar-refractivity contribution in [1.29, 1.82) is 0 Å². The highest BCUT2D eigenvalue weighted by molar-refractivity contribution is 7.08. The topological polar surface area (TPSA) is 28.5 Å². The summed E-state index contributed by atoms with van der Waals surface area (Å²) in [5, 5.41) is 5.51. The summed E-state index contributed by atoms with van der Waals surface area (Å²) in [6.45, 7) is 2.20. The summed E-state index contributed by atoms with van der Waals surface area (Å²) in [5.41, 5.74) is 4.80. The first-order valence-corrected chi connectivity index (χ1v) is 12.0. The second-order valence-electron chi connectivity index (χ2n) is 8.63. The molecular weight excluding hydrogens is 414 g/mol. The van der Waals surface area contributed by atoms with Gasteiger partial charge >= 0.3 is 0 Å². The zero-order chi connectivity index (χ0) is 22.5. The van der Waals surface area contributed by atoms with Gasteiger partial charge in [-0.15, -0.1) is 0 Å². The average Bonchev–Trinajstić information content (AvgIpc) is 3.44. The number of carbonyl (C=O) groups is 1. The molecule has 166 valence electrons. The van der Waals surface area contributed by atoms with Gasteiger partial charge in [0.1, 0.15) is 0 Å². The minimum Gasteiger partial charge on any atom is -0.350 e. The average molecular weight is 446 g/mol. The third-order valence-corrected chi connectivity index (χ3v) is 6.72. The second-order valence-corrected chi connectivity index (χ2v) is 9.41. The molecule has 0 N–H and O–H groups in total. The SMILES string of the molecule is CN(C)CCN(Cc1ccccc1)C(=O)CC(c1ccsc1)c1cn(C)c2ccccc12. The zero-order valence-corrected chi connectivity index (χ0v) is 19.9. The Labute approximate surface area is 194 Å². The van der Waals surface area contributed by atoms with E-state index in [0.29, 0.717) is 19.5 Å². The monoisotopic (exact) mass is 445 g/mol. The first-order valence-electron chi connectivity index (χ1n) is 11.1. The smallest absolute Gasteiger partial charge is 0.223 e. The van der Waals surface area contributed by atoms with Crippen LogP contribution in [0.3, 0.4) is 0 Å². The highest BCUT2D eigenvalue weighted by atomic mass is 32.1. The summed E-state index contributed by atoms with van der Waals surface area (Å²) in [7, 11) is 6.18. The second kappa shape index (κ2) is 10.2. The number of amides is 1. The molecule has 0 saturated heterocycles. The number of aryl methyl sites for hydroxylation is 1. The Balaban J connectivity index is 1.64. The molecule has 0 aliphatic heterocycles. The van der Waals surface area contributed by atoms with Gasteiger partial charge in [-0.3, -0.25) is 4.79 Å². The maximum absolute atomic E-state index is 13.7. The Bertz CT molecular complexity index is 1150. The number of para-hydroxylation sites is 1. The fraction of sp³-hybridized carbons (Fsp3) is 0.296. The molecule has 2 aromatic heterocycles. The number of aromatic nitrogens is 1. The van der Waals surface area contributed by atoms with Crippen molar-refractivity contribution < 1.29 is 4.79 Å². The van der Waals surface area contributed by atoms with Crippen molar-refractivity contribution in [3.8, 4) is 0 Å². The fourth-order valence-electron chi connectivity index (χ4n) is 4.25. The molecule has 32 heavy (non-hydrogen) atoms. The van der Waals surface area contributed by atoms with Gasteiger partial charge in [0.05, 0.1) is 0 Å². The van der Waals surface area contributed by atoms with Gasteiger partial charge in [-0.25, -0.2) is 0 Å². The first-order chi connectivity index (χ1) is 15.5. The van der Waals surface area contributed by atoms with E-state index in [-0.39, 0.29) is 11.8 Å². The van der Waals surface area contributed by atoms with Gasteiger partial charge in [-0.1, -0.05) is 48.5 Å². The zero-order valence-electron chi connectivity index (χ0n) is 19.1. The van der Waals surface area contributed by atoms with E-state index < -0.39 is 0 Å². The van der Waals surface area contributed by atoms with Gasteiger partial charge in [-0.05, 0) is 53.7 Å². The molecular formula is C27H31N3OS. The molecule has 0 aliphatic rings. The number of carbonyl (C=O) groups excluding carboxylic acids is 1. The van der Waals surface area contributed by atoms with Crippen LogP contribution in [0.4, 0.5) is 0 Å². The van der Waals surface area contributed by atoms with Crippen LogP contribution in [0, 0.1) is 0 Å². The number of hydrogen-bond donors (Lipinski definition) is 0. The minimum atomic E-state index is 0.0393. The molecule has 2 heterocycles. The van der Waals surface area contributed by atoms with E-state index >= 15 is 0 Å². The van der Waals surface area contributed by atoms with Crippen molar-refractivity contribution >= 4 is 28.1 Å². The highest BCUT2D eigenvalue weighted by Gasteiger charge is 2.25. The third-order valence-electron chi connectivity index (χ3n) is 6.01. The van der Waals surface area contributed by atoms with Crippen LogP contribution >= 0.6 is 11.3 Å². The molecule has 0 aliphatic carbocycles. The van der Waals surface area contributed by atoms with Gasteiger partial charge in [0.25, 0.3) is 0 Å². The molecule has 0 bridgehead atoms. The lowest BCUT2D eigenvalue weighted by Crippen LogP contribution is -2.37. The van der Waals surface area contributed by atoms with E-state index in [0.717, 1.165) is 12.1 Å². The number of benzene rings is 2. The van der Waals surface area contributed by atoms with E-state index in [1.54, 1.807) is 11.3 Å². The van der Waals surface area contributed by atoms with Gasteiger partial charge in [-0.2, -0.15) is 11.3 Å². The fourth-order valence-corrected chi connectivity index (χ4v) is 4.97. The van der Waals surface area contributed by atoms with Crippen molar-refractivity contribution in [2.24, 2.45) is 7.05 Å². The summed E-state index contributed by atoms with van der Waals surface area (Å²) in [4.78, 5) is 17.8. The van der Waals surface area contributed by atoms with Crippen molar-refractivity contribution in [3.05, 3.63) is 94.3 Å². The minimum absolute atomic E-state index is 0.0393. The third kappa shape index (κ3) is 5.12. The molecule has 2 aromatic carbocycles. The van der Waals surface area contributed by atoms with Crippen LogP contribution in [-0.4, -0.2) is 47.5 Å². The van der Waals surface area contributed by atoms with E-state index in [1.165, 1.54) is 22.0 Å². The Morgan fingerprint density at radius 2 is 1.75 bits per heavy atom. The molecule has 0 saturated carbocycles. The lowest BCUT2D eigenvalue weighted by Gasteiger charge is -2.27. The van der Waals surface area contributed by atoms with Crippen LogP contribution < -0.4 is 0 Å². The summed E-state index contributed by atoms with van der Waals surface area (Å²) in [6.07, 6.45) is 2.66. The van der Waals surface area contributed by atoms with Crippen LogP contribution in [0.1, 0.15) is 29.0 Å². The van der Waals surface area contributed by atoms with Gasteiger partial charge in [0, 0.05) is 56.1 Å². The van der Waals surface area contributed by atoms with Crippen LogP contribution in [0.5, 0.6) is 0 Å². The predicted molar refractivity (Wildman–Crippen MR) is 134 cm³/mol. The number of fused-ring (bicyclic) bond motifs is 1. The summed E-state index contributed by atoms with van der Waals surface area (Å²) in [6, 6.07) is 20.9. The largest absolute Gasteiger partial charge is 0.350 e. The molecule has 4 rings (SSSR count). The predicted octanol–water partition coefficient (Wildman–Crippen LogP) is 5.35. The summed E-state index contributed by atoms with van der Waals surface area (Å²) < 4.78 is 2.17. The number of hydrogen-bond acceptors (Lipinski definition) is 3. The number of thiophene rings is 1. The van der Waals surface area contributed by atoms with Gasteiger partial charge in [0.2, 0.25) is 5.91 Å². The highest BCUT2D eigenvalue weighted by Crippen LogP contribution is 2.35. The lowest BCUT2D eigenvalue weighted by atomic mass is 9.89. The quantitative estimate of drug-likeness (QED) is 0.347. The Hall–Kier alpha value is -2.89. The van der Waals surface area contributed by atoms with Crippen LogP contribution in [0.25, 0.3) is 10.9 Å². The van der Waals surface area contributed by atoms with E-state index in [1.807, 2.05) is 23.1 Å². The first kappa shape index (κ1) is 22.3. The van der Waals surface area contributed by atoms with Crippen molar-refractivity contribution in [3.63, 3.8) is 0 Å². The van der Waals surface area contributed by atoms with Gasteiger partial charge < -0.3 is 14.4 Å². The maximum atomic E-state index is 13.7. The van der Waals surface area contributed by atoms with E-state index in [4.69, 9.17) is 0 Å². The Morgan fingerprint density at radius 1 is 1.00 bits per heavy atom. The Morgan fingerprint density at radius 3 is 2.47 bits per heavy atom. The number of likely N-dealkylation sites (N-methyl/N-ethyl adjacent to an activating group) is 1. The number of nitrogens with zero attached hydrogens (tertiary/aromatic N) is 3. The molecule has 4 nitrogen and oxygen atoms in total. The van der Waals surface area contributed by atoms with Crippen molar-refractivity contribution in [2.45, 2.75) is 18.9 Å².